The van der Waals surface area contributed by atoms with E-state index in [0.717, 1.165) is 36.9 Å². The first-order valence-corrected chi connectivity index (χ1v) is 9.60. The number of likely N-dealkylation sites (tertiary alicyclic amines) is 1. The maximum Gasteiger partial charge on any atom is 0.317 e. The lowest BCUT2D eigenvalue weighted by Gasteiger charge is -2.25. The minimum absolute atomic E-state index is 0.0798. The number of halogens is 1. The Kier molecular flexibility index (Phi) is 6.74. The largest absolute Gasteiger partial charge is 0.493 e. The number of carbonyl (C=O) groups excluding carboxylic acids is 1. The van der Waals surface area contributed by atoms with Crippen LogP contribution in [0.5, 0.6) is 11.5 Å². The molecule has 1 unspecified atom stereocenters. The molecule has 1 heterocycles. The predicted molar refractivity (Wildman–Crippen MR) is 106 cm³/mol. The quantitative estimate of drug-likeness (QED) is 0.833. The lowest BCUT2D eigenvalue weighted by atomic mass is 9.94. The van der Waals surface area contributed by atoms with E-state index < -0.39 is 0 Å². The Hall–Kier alpha value is -2.76. The molecule has 1 aliphatic rings. The summed E-state index contributed by atoms with van der Waals surface area (Å²) in [5, 5.41) is 3.00. The molecule has 3 rings (SSSR count). The van der Waals surface area contributed by atoms with E-state index in [9.17, 15) is 9.18 Å². The molecule has 2 aromatic carbocycles. The normalized spacial score (nSPS) is 17.0. The molecule has 1 N–H and O–H groups in total. The number of ether oxygens (including phenoxy) is 2. The van der Waals surface area contributed by atoms with E-state index in [1.807, 2.05) is 35.2 Å². The Bertz CT molecular complexity index is 795. The monoisotopic (exact) mass is 386 g/mol. The number of rotatable bonds is 5. The number of nitrogens with one attached hydrogen (secondary N) is 1. The summed E-state index contributed by atoms with van der Waals surface area (Å²) in [5.74, 6) is 1.30. The van der Waals surface area contributed by atoms with Gasteiger partial charge >= 0.3 is 6.03 Å². The minimum atomic E-state index is -0.234. The molecule has 5 nitrogen and oxygen atoms in total. The molecule has 0 saturated carbocycles. The van der Waals surface area contributed by atoms with Gasteiger partial charge in [0.2, 0.25) is 0 Å². The van der Waals surface area contributed by atoms with Gasteiger partial charge in [0.1, 0.15) is 5.82 Å². The Morgan fingerprint density at radius 1 is 1.11 bits per heavy atom. The highest BCUT2D eigenvalue weighted by Gasteiger charge is 2.23. The highest BCUT2D eigenvalue weighted by atomic mass is 19.1. The summed E-state index contributed by atoms with van der Waals surface area (Å²) in [6.45, 7) is 1.79. The fraction of sp³-hybridized carbons (Fsp3) is 0.409. The van der Waals surface area contributed by atoms with Crippen LogP contribution < -0.4 is 14.8 Å². The van der Waals surface area contributed by atoms with Crippen LogP contribution in [-0.2, 0) is 6.54 Å². The van der Waals surface area contributed by atoms with Crippen molar-refractivity contribution in [3.05, 3.63) is 59.4 Å². The van der Waals surface area contributed by atoms with Crippen molar-refractivity contribution in [3.63, 3.8) is 0 Å². The average molecular weight is 386 g/mol. The highest BCUT2D eigenvalue weighted by molar-refractivity contribution is 5.74. The fourth-order valence-electron chi connectivity index (χ4n) is 3.61. The van der Waals surface area contributed by atoms with Crippen molar-refractivity contribution in [1.82, 2.24) is 10.2 Å². The molecule has 1 aliphatic heterocycles. The number of carbonyl (C=O) groups is 1. The fourth-order valence-corrected chi connectivity index (χ4v) is 3.61. The zero-order chi connectivity index (χ0) is 19.9. The highest BCUT2D eigenvalue weighted by Crippen LogP contribution is 2.28. The van der Waals surface area contributed by atoms with Gasteiger partial charge in [0.15, 0.2) is 11.5 Å². The first-order valence-electron chi connectivity index (χ1n) is 9.60. The van der Waals surface area contributed by atoms with Gasteiger partial charge in [0.25, 0.3) is 0 Å². The van der Waals surface area contributed by atoms with E-state index in [1.165, 1.54) is 12.1 Å². The number of urea groups is 1. The maximum absolute atomic E-state index is 13.2. The molecule has 0 aliphatic carbocycles. The molecule has 1 fully saturated rings. The van der Waals surface area contributed by atoms with Crippen LogP contribution in [0, 0.1) is 5.82 Å². The smallest absolute Gasteiger partial charge is 0.317 e. The molecule has 0 bridgehead atoms. The number of hydrogen-bond acceptors (Lipinski definition) is 3. The first-order chi connectivity index (χ1) is 13.6. The summed E-state index contributed by atoms with van der Waals surface area (Å²) in [6.07, 6.45) is 3.04. The van der Waals surface area contributed by atoms with Crippen molar-refractivity contribution in [2.75, 3.05) is 27.3 Å². The Labute approximate surface area is 165 Å². The van der Waals surface area contributed by atoms with Crippen LogP contribution in [0.4, 0.5) is 9.18 Å². The molecule has 0 radical (unpaired) electrons. The number of amides is 2. The maximum atomic E-state index is 13.2. The van der Waals surface area contributed by atoms with Crippen LogP contribution in [-0.4, -0.2) is 38.2 Å². The second-order valence-electron chi connectivity index (χ2n) is 7.04. The van der Waals surface area contributed by atoms with Gasteiger partial charge in [-0.1, -0.05) is 24.6 Å². The van der Waals surface area contributed by atoms with E-state index in [4.69, 9.17) is 9.47 Å². The van der Waals surface area contributed by atoms with Crippen molar-refractivity contribution in [2.24, 2.45) is 0 Å². The number of methoxy groups -OCH3 is 2. The van der Waals surface area contributed by atoms with Crippen molar-refractivity contribution in [1.29, 1.82) is 0 Å². The summed E-state index contributed by atoms with van der Waals surface area (Å²) in [7, 11) is 3.18. The lowest BCUT2D eigenvalue weighted by Crippen LogP contribution is -2.41. The average Bonchev–Trinajstić information content (AvgIpc) is 2.98. The van der Waals surface area contributed by atoms with Crippen molar-refractivity contribution in [2.45, 2.75) is 31.7 Å². The minimum Gasteiger partial charge on any atom is -0.493 e. The summed E-state index contributed by atoms with van der Waals surface area (Å²) in [4.78, 5) is 14.6. The van der Waals surface area contributed by atoms with Crippen molar-refractivity contribution in [3.8, 4) is 11.5 Å². The molecule has 28 heavy (non-hydrogen) atoms. The molecule has 1 saturated heterocycles. The van der Waals surface area contributed by atoms with Gasteiger partial charge in [-0.05, 0) is 48.2 Å². The predicted octanol–water partition coefficient (Wildman–Crippen LogP) is 4.32. The third-order valence-corrected chi connectivity index (χ3v) is 5.19. The second kappa shape index (κ2) is 9.44. The molecule has 150 valence electrons. The number of benzene rings is 2. The van der Waals surface area contributed by atoms with Gasteiger partial charge in [-0.2, -0.15) is 0 Å². The van der Waals surface area contributed by atoms with Crippen LogP contribution in [0.3, 0.4) is 0 Å². The van der Waals surface area contributed by atoms with Gasteiger partial charge < -0.3 is 19.7 Å². The molecule has 0 spiro atoms. The van der Waals surface area contributed by atoms with Crippen LogP contribution in [0.15, 0.2) is 42.5 Å². The van der Waals surface area contributed by atoms with Crippen molar-refractivity contribution < 1.29 is 18.7 Å². The summed E-state index contributed by atoms with van der Waals surface area (Å²) in [5.41, 5.74) is 2.02. The van der Waals surface area contributed by atoms with E-state index in [-0.39, 0.29) is 17.8 Å². The Balaban J connectivity index is 1.62. The van der Waals surface area contributed by atoms with E-state index in [0.29, 0.717) is 24.6 Å². The van der Waals surface area contributed by atoms with E-state index in [2.05, 4.69) is 5.32 Å². The van der Waals surface area contributed by atoms with Gasteiger partial charge in [0, 0.05) is 25.6 Å². The van der Waals surface area contributed by atoms with Gasteiger partial charge in [-0.15, -0.1) is 0 Å². The molecule has 0 aromatic heterocycles. The topological polar surface area (TPSA) is 50.8 Å². The number of hydrogen-bond donors (Lipinski definition) is 1. The van der Waals surface area contributed by atoms with E-state index >= 15 is 0 Å². The zero-order valence-electron chi connectivity index (χ0n) is 16.4. The summed E-state index contributed by atoms with van der Waals surface area (Å²) >= 11 is 0. The molecule has 2 amide bonds. The molecule has 1 atom stereocenters. The zero-order valence-corrected chi connectivity index (χ0v) is 16.4. The Morgan fingerprint density at radius 2 is 1.86 bits per heavy atom. The lowest BCUT2D eigenvalue weighted by molar-refractivity contribution is 0.197. The van der Waals surface area contributed by atoms with Crippen molar-refractivity contribution >= 4 is 6.03 Å². The number of nitrogens with zero attached hydrogens (tertiary/aromatic N) is 1. The summed E-state index contributed by atoms with van der Waals surface area (Å²) < 4.78 is 23.8. The first kappa shape index (κ1) is 20.0. The SMILES string of the molecule is COc1ccc(CNC(=O)N2CCCCC(c3ccc(F)cc3)C2)cc1OC. The molecular formula is C22H27FN2O3. The standard InChI is InChI=1S/C22H27FN2O3/c1-27-20-11-6-16(13-21(20)28-2)14-24-22(26)25-12-4-3-5-18(15-25)17-7-9-19(23)10-8-17/h6-11,13,18H,3-5,12,14-15H2,1-2H3,(H,24,26). The van der Waals surface area contributed by atoms with Gasteiger partial charge in [-0.25, -0.2) is 9.18 Å². The molecule has 2 aromatic rings. The van der Waals surface area contributed by atoms with E-state index in [1.54, 1.807) is 14.2 Å². The Morgan fingerprint density at radius 3 is 2.57 bits per heavy atom. The van der Waals surface area contributed by atoms with Crippen LogP contribution >= 0.6 is 0 Å². The molecule has 6 heteroatoms. The van der Waals surface area contributed by atoms with Crippen LogP contribution in [0.1, 0.15) is 36.3 Å². The second-order valence-corrected chi connectivity index (χ2v) is 7.04. The van der Waals surface area contributed by atoms with Crippen LogP contribution in [0.2, 0.25) is 0 Å². The summed E-state index contributed by atoms with van der Waals surface area (Å²) in [6, 6.07) is 12.1. The third kappa shape index (κ3) is 4.94. The third-order valence-electron chi connectivity index (χ3n) is 5.19. The molecular weight excluding hydrogens is 359 g/mol. The van der Waals surface area contributed by atoms with Gasteiger partial charge in [0.05, 0.1) is 14.2 Å². The van der Waals surface area contributed by atoms with Crippen LogP contribution in [0.25, 0.3) is 0 Å². The van der Waals surface area contributed by atoms with Gasteiger partial charge in [-0.3, -0.25) is 0 Å².